The molecule has 7 heteroatoms. The monoisotopic (exact) mass is 488 g/mol. The average Bonchev–Trinajstić information content (AvgIpc) is 3.34. The third-order valence-electron chi connectivity index (χ3n) is 7.16. The highest BCUT2D eigenvalue weighted by molar-refractivity contribution is 6.46. The second-order valence-corrected chi connectivity index (χ2v) is 9.67. The molecule has 7 nitrogen and oxygen atoms in total. The maximum atomic E-state index is 13.4. The van der Waals surface area contributed by atoms with Crippen LogP contribution in [0, 0.1) is 6.92 Å². The van der Waals surface area contributed by atoms with Crippen molar-refractivity contribution in [2.75, 3.05) is 26.2 Å². The largest absolute Gasteiger partial charge is 0.505 e. The first kappa shape index (κ1) is 25.6. The molecule has 3 aromatic rings. The number of rotatable bonds is 9. The zero-order valence-corrected chi connectivity index (χ0v) is 21.9. The summed E-state index contributed by atoms with van der Waals surface area (Å²) in [6.07, 6.45) is 2.54. The molecule has 1 aliphatic rings. The van der Waals surface area contributed by atoms with Crippen LogP contribution < -0.4 is 0 Å². The molecule has 2 aromatic heterocycles. The highest BCUT2D eigenvalue weighted by atomic mass is 16.3. The van der Waals surface area contributed by atoms with E-state index in [0.29, 0.717) is 29.5 Å². The standard InChI is InChI=1S/C29H36N4O3/c1-6-31(7-2)16-10-18-33-26(22-14-12-21(13-15-22)19(3)4)24(28(35)29(33)36)27(34)25-20(5)30-23-11-8-9-17-32(23)25/h8-9,11-15,17,19,26,34H,6-7,10,16,18H2,1-5H3/t26-/m0/s1. The van der Waals surface area contributed by atoms with Crippen LogP contribution in [-0.2, 0) is 9.59 Å². The minimum Gasteiger partial charge on any atom is -0.505 e. The van der Waals surface area contributed by atoms with Gasteiger partial charge in [0.05, 0.1) is 17.3 Å². The van der Waals surface area contributed by atoms with Crippen molar-refractivity contribution >= 4 is 23.1 Å². The first-order chi connectivity index (χ1) is 17.3. The number of benzene rings is 1. The van der Waals surface area contributed by atoms with Gasteiger partial charge in [0.2, 0.25) is 0 Å². The fraction of sp³-hybridized carbons (Fsp3) is 0.414. The third kappa shape index (κ3) is 4.67. The number of hydrogen-bond donors (Lipinski definition) is 1. The van der Waals surface area contributed by atoms with Crippen LogP contribution in [0.3, 0.4) is 0 Å². The molecule has 1 fully saturated rings. The van der Waals surface area contributed by atoms with Crippen LogP contribution in [0.2, 0.25) is 0 Å². The van der Waals surface area contributed by atoms with Crippen molar-refractivity contribution in [1.82, 2.24) is 19.2 Å². The molecule has 4 rings (SSSR count). The summed E-state index contributed by atoms with van der Waals surface area (Å²) in [5, 5.41) is 11.6. The summed E-state index contributed by atoms with van der Waals surface area (Å²) in [6.45, 7) is 13.4. The molecule has 1 amide bonds. The molecule has 0 spiro atoms. The Hall–Kier alpha value is -3.45. The van der Waals surface area contributed by atoms with Crippen LogP contribution in [0.15, 0.2) is 54.2 Å². The van der Waals surface area contributed by atoms with Crippen molar-refractivity contribution in [3.05, 3.63) is 76.7 Å². The van der Waals surface area contributed by atoms with Gasteiger partial charge in [0.25, 0.3) is 11.7 Å². The average molecular weight is 489 g/mol. The fourth-order valence-electron chi connectivity index (χ4n) is 5.05. The number of fused-ring (bicyclic) bond motifs is 1. The molecular formula is C29H36N4O3. The molecule has 190 valence electrons. The van der Waals surface area contributed by atoms with E-state index in [4.69, 9.17) is 0 Å². The summed E-state index contributed by atoms with van der Waals surface area (Å²) >= 11 is 0. The van der Waals surface area contributed by atoms with Crippen LogP contribution in [0.5, 0.6) is 0 Å². The number of hydrogen-bond acceptors (Lipinski definition) is 5. The first-order valence-corrected chi connectivity index (χ1v) is 12.8. The van der Waals surface area contributed by atoms with Gasteiger partial charge < -0.3 is 14.9 Å². The number of aliphatic hydroxyl groups excluding tert-OH is 1. The van der Waals surface area contributed by atoms with Crippen molar-refractivity contribution in [1.29, 1.82) is 0 Å². The molecule has 3 heterocycles. The Morgan fingerprint density at radius 1 is 1.08 bits per heavy atom. The number of likely N-dealkylation sites (tertiary alicyclic amines) is 1. The van der Waals surface area contributed by atoms with E-state index < -0.39 is 17.7 Å². The highest BCUT2D eigenvalue weighted by Gasteiger charge is 2.46. The van der Waals surface area contributed by atoms with Crippen LogP contribution in [0.4, 0.5) is 0 Å². The lowest BCUT2D eigenvalue weighted by Crippen LogP contribution is -2.33. The Morgan fingerprint density at radius 2 is 1.78 bits per heavy atom. The summed E-state index contributed by atoms with van der Waals surface area (Å²) in [7, 11) is 0. The van der Waals surface area contributed by atoms with Gasteiger partial charge in [-0.3, -0.25) is 14.0 Å². The molecule has 0 aliphatic carbocycles. The number of nitrogens with zero attached hydrogens (tertiary/aromatic N) is 4. The number of amides is 1. The summed E-state index contributed by atoms with van der Waals surface area (Å²) in [5.74, 6) is -1.05. The minimum atomic E-state index is -0.656. The SMILES string of the molecule is CCN(CC)CCCN1C(=O)C(=O)C(=C(O)c2c(C)nc3ccccn23)[C@@H]1c1ccc(C(C)C)cc1. The second-order valence-electron chi connectivity index (χ2n) is 9.67. The third-order valence-corrected chi connectivity index (χ3v) is 7.16. The Kier molecular flexibility index (Phi) is 7.59. The topological polar surface area (TPSA) is 78.2 Å². The van der Waals surface area contributed by atoms with Gasteiger partial charge in [-0.2, -0.15) is 0 Å². The number of carbonyl (C=O) groups excluding carboxylic acids is 2. The number of ketones is 1. The van der Waals surface area contributed by atoms with Gasteiger partial charge in [-0.15, -0.1) is 0 Å². The van der Waals surface area contributed by atoms with Crippen molar-refractivity contribution in [3.63, 3.8) is 0 Å². The van der Waals surface area contributed by atoms with Gasteiger partial charge in [0.15, 0.2) is 5.76 Å². The zero-order valence-electron chi connectivity index (χ0n) is 21.9. The van der Waals surface area contributed by atoms with Crippen LogP contribution in [0.1, 0.15) is 68.6 Å². The first-order valence-electron chi connectivity index (χ1n) is 12.8. The zero-order chi connectivity index (χ0) is 26.0. The Morgan fingerprint density at radius 3 is 2.42 bits per heavy atom. The lowest BCUT2D eigenvalue weighted by atomic mass is 9.93. The minimum absolute atomic E-state index is 0.119. The number of pyridine rings is 1. The molecule has 0 unspecified atom stereocenters. The van der Waals surface area contributed by atoms with E-state index in [9.17, 15) is 14.7 Å². The van der Waals surface area contributed by atoms with Gasteiger partial charge in [-0.1, -0.05) is 58.0 Å². The van der Waals surface area contributed by atoms with E-state index in [1.807, 2.05) is 42.5 Å². The number of Topliss-reactive ketones (excluding diaryl/α,β-unsaturated/α-hetero) is 1. The fourth-order valence-corrected chi connectivity index (χ4v) is 5.05. The summed E-state index contributed by atoms with van der Waals surface area (Å²) in [6, 6.07) is 12.9. The van der Waals surface area contributed by atoms with E-state index >= 15 is 0 Å². The van der Waals surface area contributed by atoms with Gasteiger partial charge in [0.1, 0.15) is 11.3 Å². The quantitative estimate of drug-likeness (QED) is 0.263. The van der Waals surface area contributed by atoms with Crippen molar-refractivity contribution in [3.8, 4) is 0 Å². The molecule has 0 radical (unpaired) electrons. The second kappa shape index (κ2) is 10.7. The van der Waals surface area contributed by atoms with Crippen molar-refractivity contribution in [2.45, 2.75) is 53.0 Å². The molecular weight excluding hydrogens is 452 g/mol. The van der Waals surface area contributed by atoms with Gasteiger partial charge in [-0.05, 0) is 62.2 Å². The van der Waals surface area contributed by atoms with Crippen molar-refractivity contribution < 1.29 is 14.7 Å². The van der Waals surface area contributed by atoms with Gasteiger partial charge in [-0.25, -0.2) is 4.98 Å². The van der Waals surface area contributed by atoms with Gasteiger partial charge >= 0.3 is 0 Å². The van der Waals surface area contributed by atoms with Crippen LogP contribution in [-0.4, -0.2) is 62.2 Å². The molecule has 1 aromatic carbocycles. The molecule has 1 N–H and O–H groups in total. The molecule has 1 saturated heterocycles. The molecule has 0 saturated carbocycles. The van der Waals surface area contributed by atoms with Crippen LogP contribution >= 0.6 is 0 Å². The Bertz CT molecular complexity index is 1290. The van der Waals surface area contributed by atoms with E-state index in [2.05, 4.69) is 37.6 Å². The molecule has 1 aliphatic heterocycles. The molecule has 0 bridgehead atoms. The lowest BCUT2D eigenvalue weighted by Gasteiger charge is -2.27. The normalized spacial score (nSPS) is 17.8. The number of imidazole rings is 1. The Balaban J connectivity index is 1.82. The number of aryl methyl sites for hydroxylation is 1. The molecule has 1 atom stereocenters. The summed E-state index contributed by atoms with van der Waals surface area (Å²) in [5.41, 5.74) is 3.82. The number of carbonyl (C=O) groups is 2. The summed E-state index contributed by atoms with van der Waals surface area (Å²) in [4.78, 5) is 35.2. The number of aromatic nitrogens is 2. The van der Waals surface area contributed by atoms with Crippen molar-refractivity contribution in [2.24, 2.45) is 0 Å². The van der Waals surface area contributed by atoms with Crippen LogP contribution in [0.25, 0.3) is 11.4 Å². The van der Waals surface area contributed by atoms with E-state index in [1.165, 1.54) is 5.56 Å². The Labute approximate surface area is 213 Å². The highest BCUT2D eigenvalue weighted by Crippen LogP contribution is 2.40. The van der Waals surface area contributed by atoms with Gasteiger partial charge in [0, 0.05) is 12.7 Å². The maximum absolute atomic E-state index is 13.4. The predicted molar refractivity (Wildman–Crippen MR) is 142 cm³/mol. The summed E-state index contributed by atoms with van der Waals surface area (Å²) < 4.78 is 1.76. The predicted octanol–water partition coefficient (Wildman–Crippen LogP) is 4.92. The smallest absolute Gasteiger partial charge is 0.295 e. The van der Waals surface area contributed by atoms with E-state index in [-0.39, 0.29) is 11.3 Å². The lowest BCUT2D eigenvalue weighted by molar-refractivity contribution is -0.140. The number of aliphatic hydroxyl groups is 1. The van der Waals surface area contributed by atoms with E-state index in [1.54, 1.807) is 22.4 Å². The maximum Gasteiger partial charge on any atom is 0.295 e. The van der Waals surface area contributed by atoms with E-state index in [0.717, 1.165) is 31.6 Å². The molecule has 36 heavy (non-hydrogen) atoms.